The number of likely N-dealkylation sites (N-methyl/N-ethyl adjacent to an activating group) is 1. The van der Waals surface area contributed by atoms with Gasteiger partial charge < -0.3 is 9.64 Å². The quantitative estimate of drug-likeness (QED) is 0.871. The molecule has 0 N–H and O–H groups in total. The molecule has 0 radical (unpaired) electrons. The first kappa shape index (κ1) is 15.9. The molecule has 1 aliphatic heterocycles. The van der Waals surface area contributed by atoms with Crippen molar-refractivity contribution in [3.8, 4) is 0 Å². The van der Waals surface area contributed by atoms with Crippen molar-refractivity contribution < 1.29 is 9.53 Å². The number of ether oxygens (including phenoxy) is 1. The van der Waals surface area contributed by atoms with Crippen molar-refractivity contribution in [1.29, 1.82) is 0 Å². The lowest BCUT2D eigenvalue weighted by molar-refractivity contribution is 0.0539. The zero-order chi connectivity index (χ0) is 16.4. The van der Waals surface area contributed by atoms with Crippen molar-refractivity contribution in [3.05, 3.63) is 35.2 Å². The van der Waals surface area contributed by atoms with E-state index in [-0.39, 0.29) is 12.0 Å². The van der Waals surface area contributed by atoms with Gasteiger partial charge in [0.15, 0.2) is 0 Å². The molecule has 1 atom stereocenters. The van der Waals surface area contributed by atoms with Crippen LogP contribution in [0.25, 0.3) is 11.0 Å². The molecule has 1 aromatic heterocycles. The Hall–Kier alpha value is -2.01. The Kier molecular flexibility index (Phi) is 4.57. The van der Waals surface area contributed by atoms with Gasteiger partial charge in [0.05, 0.1) is 28.5 Å². The zero-order valence-electron chi connectivity index (χ0n) is 14.0. The van der Waals surface area contributed by atoms with Crippen LogP contribution < -0.4 is 0 Å². The van der Waals surface area contributed by atoms with Crippen LogP contribution in [0.3, 0.4) is 0 Å². The van der Waals surface area contributed by atoms with Gasteiger partial charge in [0.1, 0.15) is 0 Å². The summed E-state index contributed by atoms with van der Waals surface area (Å²) in [6.07, 6.45) is 2.29. The summed E-state index contributed by atoms with van der Waals surface area (Å²) in [6, 6.07) is 5.56. The van der Waals surface area contributed by atoms with E-state index in [4.69, 9.17) is 4.74 Å². The maximum atomic E-state index is 12.8. The molecule has 5 heteroatoms. The first-order valence-electron chi connectivity index (χ1n) is 8.24. The monoisotopic (exact) mass is 313 g/mol. The molecule has 1 unspecified atom stereocenters. The standard InChI is InChI=1S/C18H23N3O2/c1-4-21(11-15-6-5-9-23-15)18(22)14-7-8-16-17(10-14)20-13(3)12(2)19-16/h7-8,10,15H,4-6,9,11H2,1-3H3. The molecule has 3 rings (SSSR count). The van der Waals surface area contributed by atoms with E-state index >= 15 is 0 Å². The molecule has 1 aliphatic rings. The number of fused-ring (bicyclic) bond motifs is 1. The van der Waals surface area contributed by atoms with E-state index in [2.05, 4.69) is 9.97 Å². The van der Waals surface area contributed by atoms with E-state index in [1.165, 1.54) is 0 Å². The molecular weight excluding hydrogens is 290 g/mol. The van der Waals surface area contributed by atoms with Gasteiger partial charge in [-0.1, -0.05) is 0 Å². The van der Waals surface area contributed by atoms with Crippen molar-refractivity contribution in [3.63, 3.8) is 0 Å². The van der Waals surface area contributed by atoms with E-state index in [1.54, 1.807) is 0 Å². The van der Waals surface area contributed by atoms with Gasteiger partial charge in [-0.05, 0) is 51.8 Å². The summed E-state index contributed by atoms with van der Waals surface area (Å²) in [5.74, 6) is 0.0323. The largest absolute Gasteiger partial charge is 0.376 e. The summed E-state index contributed by atoms with van der Waals surface area (Å²) >= 11 is 0. The summed E-state index contributed by atoms with van der Waals surface area (Å²) in [6.45, 7) is 8.02. The highest BCUT2D eigenvalue weighted by Crippen LogP contribution is 2.18. The van der Waals surface area contributed by atoms with Crippen LogP contribution >= 0.6 is 0 Å². The van der Waals surface area contributed by atoms with E-state index in [9.17, 15) is 4.79 Å². The molecule has 0 aliphatic carbocycles. The molecule has 5 nitrogen and oxygen atoms in total. The Morgan fingerprint density at radius 2 is 2.00 bits per heavy atom. The summed E-state index contributed by atoms with van der Waals surface area (Å²) in [4.78, 5) is 23.7. The summed E-state index contributed by atoms with van der Waals surface area (Å²) in [5.41, 5.74) is 4.08. The molecule has 122 valence electrons. The van der Waals surface area contributed by atoms with Crippen molar-refractivity contribution in [2.45, 2.75) is 39.7 Å². The predicted octanol–water partition coefficient (Wildman–Crippen LogP) is 2.89. The number of carbonyl (C=O) groups is 1. The molecule has 1 aromatic carbocycles. The zero-order valence-corrected chi connectivity index (χ0v) is 14.0. The van der Waals surface area contributed by atoms with Gasteiger partial charge in [0, 0.05) is 25.3 Å². The lowest BCUT2D eigenvalue weighted by Crippen LogP contribution is -2.37. The van der Waals surface area contributed by atoms with Crippen LogP contribution in [0.4, 0.5) is 0 Å². The van der Waals surface area contributed by atoms with Crippen LogP contribution in [0, 0.1) is 13.8 Å². The minimum atomic E-state index is 0.0323. The normalized spacial score (nSPS) is 17.6. The maximum Gasteiger partial charge on any atom is 0.254 e. The molecule has 1 amide bonds. The molecule has 0 spiro atoms. The van der Waals surface area contributed by atoms with E-state index in [0.29, 0.717) is 18.7 Å². The molecule has 0 saturated carbocycles. The summed E-state index contributed by atoms with van der Waals surface area (Å²) in [7, 11) is 0. The van der Waals surface area contributed by atoms with Crippen LogP contribution in [-0.4, -0.2) is 46.6 Å². The molecule has 23 heavy (non-hydrogen) atoms. The topological polar surface area (TPSA) is 55.3 Å². The number of rotatable bonds is 4. The Bertz CT molecular complexity index is 724. The first-order valence-corrected chi connectivity index (χ1v) is 8.24. The maximum absolute atomic E-state index is 12.8. The highest BCUT2D eigenvalue weighted by molar-refractivity contribution is 5.97. The third-order valence-corrected chi connectivity index (χ3v) is 4.44. The van der Waals surface area contributed by atoms with Crippen molar-refractivity contribution in [1.82, 2.24) is 14.9 Å². The number of benzene rings is 1. The summed E-state index contributed by atoms with van der Waals surface area (Å²) < 4.78 is 5.65. The number of carbonyl (C=O) groups excluding carboxylic acids is 1. The van der Waals surface area contributed by atoms with Gasteiger partial charge in [-0.2, -0.15) is 0 Å². The number of nitrogens with zero attached hydrogens (tertiary/aromatic N) is 3. The molecule has 2 heterocycles. The van der Waals surface area contributed by atoms with E-state index < -0.39 is 0 Å². The second-order valence-electron chi connectivity index (χ2n) is 6.08. The second-order valence-corrected chi connectivity index (χ2v) is 6.08. The highest BCUT2D eigenvalue weighted by atomic mass is 16.5. The fourth-order valence-electron chi connectivity index (χ4n) is 2.94. The number of hydrogen-bond acceptors (Lipinski definition) is 4. The fourth-order valence-corrected chi connectivity index (χ4v) is 2.94. The molecule has 1 fully saturated rings. The Morgan fingerprint density at radius 3 is 2.65 bits per heavy atom. The van der Waals surface area contributed by atoms with Crippen molar-refractivity contribution >= 4 is 16.9 Å². The van der Waals surface area contributed by atoms with Crippen LogP contribution in [-0.2, 0) is 4.74 Å². The average Bonchev–Trinajstić information content (AvgIpc) is 3.06. The molecule has 1 saturated heterocycles. The number of aromatic nitrogens is 2. The van der Waals surface area contributed by atoms with Crippen LogP contribution in [0.2, 0.25) is 0 Å². The third kappa shape index (κ3) is 3.34. The van der Waals surface area contributed by atoms with Gasteiger partial charge in [-0.15, -0.1) is 0 Å². The Labute approximate surface area is 136 Å². The van der Waals surface area contributed by atoms with E-state index in [0.717, 1.165) is 41.9 Å². The van der Waals surface area contributed by atoms with Crippen LogP contribution in [0.15, 0.2) is 18.2 Å². The minimum Gasteiger partial charge on any atom is -0.376 e. The lowest BCUT2D eigenvalue weighted by atomic mass is 10.1. The van der Waals surface area contributed by atoms with Gasteiger partial charge in [-0.3, -0.25) is 4.79 Å². The third-order valence-electron chi connectivity index (χ3n) is 4.44. The molecule has 2 aromatic rings. The second kappa shape index (κ2) is 6.62. The van der Waals surface area contributed by atoms with Crippen molar-refractivity contribution in [2.24, 2.45) is 0 Å². The number of aryl methyl sites for hydroxylation is 2. The van der Waals surface area contributed by atoms with Crippen molar-refractivity contribution in [2.75, 3.05) is 19.7 Å². The lowest BCUT2D eigenvalue weighted by Gasteiger charge is -2.24. The van der Waals surface area contributed by atoms with Gasteiger partial charge in [0.2, 0.25) is 0 Å². The van der Waals surface area contributed by atoms with Gasteiger partial charge in [0.25, 0.3) is 5.91 Å². The first-order chi connectivity index (χ1) is 11.1. The average molecular weight is 313 g/mol. The predicted molar refractivity (Wildman–Crippen MR) is 89.6 cm³/mol. The van der Waals surface area contributed by atoms with Gasteiger partial charge >= 0.3 is 0 Å². The smallest absolute Gasteiger partial charge is 0.254 e. The molecule has 0 bridgehead atoms. The van der Waals surface area contributed by atoms with Crippen LogP contribution in [0.1, 0.15) is 41.5 Å². The SMILES string of the molecule is CCN(CC1CCCO1)C(=O)c1ccc2nc(C)c(C)nc2c1. The van der Waals surface area contributed by atoms with Gasteiger partial charge in [-0.25, -0.2) is 9.97 Å². The van der Waals surface area contributed by atoms with E-state index in [1.807, 2.05) is 43.9 Å². The Balaban J connectivity index is 1.85. The molecular formula is C18H23N3O2. The fraction of sp³-hybridized carbons (Fsp3) is 0.500. The van der Waals surface area contributed by atoms with Crippen LogP contribution in [0.5, 0.6) is 0 Å². The highest BCUT2D eigenvalue weighted by Gasteiger charge is 2.22. The number of hydrogen-bond donors (Lipinski definition) is 0. The minimum absolute atomic E-state index is 0.0323. The summed E-state index contributed by atoms with van der Waals surface area (Å²) in [5, 5.41) is 0. The number of amides is 1. The Morgan fingerprint density at radius 1 is 1.26 bits per heavy atom.